The number of hydrogen-bond donors (Lipinski definition) is 6. The van der Waals surface area contributed by atoms with Crippen molar-refractivity contribution in [1.29, 1.82) is 0 Å². The third-order valence-corrected chi connectivity index (χ3v) is 14.8. The maximum Gasteiger partial charge on any atom is 0.252 e. The van der Waals surface area contributed by atoms with Gasteiger partial charge in [-0.3, -0.25) is 24.5 Å². The molecule has 0 spiro atoms. The van der Waals surface area contributed by atoms with Gasteiger partial charge in [0.25, 0.3) is 5.56 Å². The Morgan fingerprint density at radius 1 is 0.945 bits per heavy atom. The SMILES string of the molecule is CCN(c1cc(-c2ccc(OCCOCC(=O)N[C@H](C(=O)N3C[C@H](O)C[C@H]3CC(=O)NCc3ccc(-c4scnc4C)cc3)C(C)(C)C)cc2)cc(C(O)NCc2c(C)cc(C)[nH]c2=O)c1C)C1CCOCC1. The van der Waals surface area contributed by atoms with E-state index < -0.39 is 35.7 Å². The van der Waals surface area contributed by atoms with Crippen LogP contribution in [0.4, 0.5) is 5.69 Å². The van der Waals surface area contributed by atoms with Crippen molar-refractivity contribution in [2.24, 2.45) is 5.41 Å². The van der Waals surface area contributed by atoms with Crippen LogP contribution in [0.25, 0.3) is 21.6 Å². The number of pyridine rings is 1. The summed E-state index contributed by atoms with van der Waals surface area (Å²) in [5, 5.41) is 31.4. The number of aryl methyl sites for hydroxylation is 3. The van der Waals surface area contributed by atoms with Crippen molar-refractivity contribution in [2.75, 3.05) is 51.0 Å². The number of ether oxygens (including phenoxy) is 3. The molecule has 3 aromatic carbocycles. The van der Waals surface area contributed by atoms with Crippen LogP contribution in [-0.2, 0) is 36.9 Å². The van der Waals surface area contributed by atoms with Gasteiger partial charge in [-0.25, -0.2) is 4.98 Å². The van der Waals surface area contributed by atoms with Crippen LogP contribution in [0.3, 0.4) is 0 Å². The molecule has 4 heterocycles. The Balaban J connectivity index is 0.918. The average Bonchev–Trinajstić information content (AvgIpc) is 3.96. The minimum absolute atomic E-state index is 0.0158. The number of aromatic amines is 1. The van der Waals surface area contributed by atoms with Gasteiger partial charge in [-0.05, 0) is 123 Å². The number of aliphatic hydroxyl groups excluding tert-OH is 2. The molecule has 5 aromatic rings. The number of carbonyl (C=O) groups is 3. The normalized spacial score (nSPS) is 17.0. The summed E-state index contributed by atoms with van der Waals surface area (Å²) in [5.41, 5.74) is 10.7. The van der Waals surface area contributed by atoms with E-state index in [1.165, 1.54) is 4.90 Å². The largest absolute Gasteiger partial charge is 0.491 e. The molecule has 73 heavy (non-hydrogen) atoms. The summed E-state index contributed by atoms with van der Waals surface area (Å²) in [7, 11) is 0. The van der Waals surface area contributed by atoms with Gasteiger partial charge in [0.1, 0.15) is 31.2 Å². The van der Waals surface area contributed by atoms with Crippen LogP contribution in [0.15, 0.2) is 77.0 Å². The number of nitrogens with one attached hydrogen (secondary N) is 4. The predicted octanol–water partition coefficient (Wildman–Crippen LogP) is 6.78. The predicted molar refractivity (Wildman–Crippen MR) is 284 cm³/mol. The van der Waals surface area contributed by atoms with E-state index in [-0.39, 0.29) is 69.2 Å². The van der Waals surface area contributed by atoms with E-state index in [0.717, 1.165) is 80.3 Å². The molecule has 3 amide bonds. The molecule has 2 aromatic heterocycles. The number of aromatic nitrogens is 2. The average molecular weight is 1020 g/mol. The standard InChI is InChI=1S/C56H73N7O9S/c1-9-62(42-18-20-70-21-19-42)48-26-41(25-46(36(48)4)53(67)58-30-47-34(2)24-35(3)60-54(47)68)39-14-16-45(17-15-39)72-23-22-71-32-50(66)61-52(56(6,7)8)55(69)63-31-44(64)27-43(63)28-49(65)57-29-38-10-12-40(13-11-38)51-37(5)59-33-73-51/h10-17,24-26,33,42-44,52-53,58,64,67H,9,18-23,27-32H2,1-8H3,(H,57,65)(H,60,68)(H,61,66)/t43-,44+,52+,53?/m0/s1. The zero-order chi connectivity index (χ0) is 52.4. The van der Waals surface area contributed by atoms with Gasteiger partial charge in [0.15, 0.2) is 0 Å². The van der Waals surface area contributed by atoms with E-state index in [1.807, 2.05) is 115 Å². The van der Waals surface area contributed by atoms with Crippen molar-refractivity contribution in [3.63, 3.8) is 0 Å². The van der Waals surface area contributed by atoms with Crippen molar-refractivity contribution in [3.05, 3.63) is 122 Å². The van der Waals surface area contributed by atoms with Crippen LogP contribution < -0.4 is 31.1 Å². The van der Waals surface area contributed by atoms with Gasteiger partial charge in [0, 0.05) is 80.4 Å². The molecule has 0 aliphatic carbocycles. The van der Waals surface area contributed by atoms with Crippen molar-refractivity contribution in [1.82, 2.24) is 30.8 Å². The van der Waals surface area contributed by atoms with E-state index in [4.69, 9.17) is 14.2 Å². The number of aliphatic hydroxyl groups is 2. The first-order valence-electron chi connectivity index (χ1n) is 25.3. The number of nitrogens with zero attached hydrogens (tertiary/aromatic N) is 3. The molecule has 4 atom stereocenters. The Kier molecular flexibility index (Phi) is 18.7. The number of benzene rings is 3. The molecule has 0 bridgehead atoms. The molecule has 392 valence electrons. The minimum Gasteiger partial charge on any atom is -0.491 e. The molecular formula is C56H73N7O9S. The van der Waals surface area contributed by atoms with Crippen LogP contribution in [0.5, 0.6) is 5.75 Å². The Hall–Kier alpha value is -5.95. The lowest BCUT2D eigenvalue weighted by Gasteiger charge is -2.37. The fourth-order valence-corrected chi connectivity index (χ4v) is 10.7. The van der Waals surface area contributed by atoms with E-state index in [1.54, 1.807) is 11.3 Å². The molecule has 0 saturated carbocycles. The fraction of sp³-hybridized carbons (Fsp3) is 0.482. The lowest BCUT2D eigenvalue weighted by Crippen LogP contribution is -2.56. The topological polar surface area (TPSA) is 208 Å². The highest BCUT2D eigenvalue weighted by atomic mass is 32.1. The number of amides is 3. The molecule has 7 rings (SSSR count). The van der Waals surface area contributed by atoms with Crippen LogP contribution in [0, 0.1) is 33.1 Å². The quantitative estimate of drug-likeness (QED) is 0.0332. The van der Waals surface area contributed by atoms with E-state index in [2.05, 4.69) is 43.8 Å². The second kappa shape index (κ2) is 24.9. The van der Waals surface area contributed by atoms with Gasteiger partial charge >= 0.3 is 0 Å². The van der Waals surface area contributed by atoms with Gasteiger partial charge in [0.05, 0.1) is 28.8 Å². The number of H-pyrrole nitrogens is 1. The molecule has 16 nitrogen and oxygen atoms in total. The molecular weight excluding hydrogens is 947 g/mol. The maximum atomic E-state index is 14.1. The first-order chi connectivity index (χ1) is 34.9. The van der Waals surface area contributed by atoms with Crippen LogP contribution in [0.1, 0.15) is 98.8 Å². The summed E-state index contributed by atoms with van der Waals surface area (Å²) in [5.74, 6) is -0.475. The van der Waals surface area contributed by atoms with Gasteiger partial charge in [-0.2, -0.15) is 0 Å². The summed E-state index contributed by atoms with van der Waals surface area (Å²) < 4.78 is 17.4. The van der Waals surface area contributed by atoms with Gasteiger partial charge in [-0.15, -0.1) is 11.3 Å². The third kappa shape index (κ3) is 14.2. The maximum absolute atomic E-state index is 14.1. The second-order valence-electron chi connectivity index (χ2n) is 20.3. The van der Waals surface area contributed by atoms with Crippen molar-refractivity contribution >= 4 is 34.7 Å². The number of rotatable bonds is 21. The van der Waals surface area contributed by atoms with E-state index in [9.17, 15) is 29.4 Å². The lowest BCUT2D eigenvalue weighted by molar-refractivity contribution is -0.142. The molecule has 1 unspecified atom stereocenters. The highest BCUT2D eigenvalue weighted by Crippen LogP contribution is 2.37. The van der Waals surface area contributed by atoms with Crippen LogP contribution in [-0.4, -0.2) is 113 Å². The molecule has 0 radical (unpaired) electrons. The second-order valence-corrected chi connectivity index (χ2v) is 21.2. The molecule has 17 heteroatoms. The summed E-state index contributed by atoms with van der Waals surface area (Å²) in [6.07, 6.45) is 0.237. The molecule has 2 fully saturated rings. The molecule has 2 aliphatic rings. The molecule has 6 N–H and O–H groups in total. The van der Waals surface area contributed by atoms with Gasteiger partial charge in [-0.1, -0.05) is 57.2 Å². The van der Waals surface area contributed by atoms with Crippen LogP contribution in [0.2, 0.25) is 0 Å². The lowest BCUT2D eigenvalue weighted by atomic mass is 9.85. The number of thiazole rings is 1. The summed E-state index contributed by atoms with van der Waals surface area (Å²) in [4.78, 5) is 65.6. The Morgan fingerprint density at radius 2 is 1.66 bits per heavy atom. The van der Waals surface area contributed by atoms with Crippen molar-refractivity contribution in [2.45, 2.75) is 125 Å². The first-order valence-corrected chi connectivity index (χ1v) is 26.2. The molecule has 2 aliphatic heterocycles. The highest BCUT2D eigenvalue weighted by molar-refractivity contribution is 7.13. The molecule has 2 saturated heterocycles. The Morgan fingerprint density at radius 3 is 2.32 bits per heavy atom. The number of anilines is 1. The van der Waals surface area contributed by atoms with Gasteiger partial charge < -0.3 is 49.8 Å². The zero-order valence-electron chi connectivity index (χ0n) is 43.5. The van der Waals surface area contributed by atoms with Crippen molar-refractivity contribution in [3.8, 4) is 27.3 Å². The number of likely N-dealkylation sites (tertiary alicyclic amines) is 1. The number of carbonyl (C=O) groups excluding carboxylic acids is 3. The Labute approximate surface area is 432 Å². The highest BCUT2D eigenvalue weighted by Gasteiger charge is 2.42. The van der Waals surface area contributed by atoms with E-state index >= 15 is 0 Å². The third-order valence-electron chi connectivity index (χ3n) is 13.8. The van der Waals surface area contributed by atoms with E-state index in [0.29, 0.717) is 31.1 Å². The van der Waals surface area contributed by atoms with Crippen LogP contribution >= 0.6 is 11.3 Å². The smallest absolute Gasteiger partial charge is 0.252 e. The number of β-amino-alcohol motifs (C(OH)–C–C–N with tert-alkyl or cyclic N) is 1. The zero-order valence-corrected chi connectivity index (χ0v) is 44.3. The summed E-state index contributed by atoms with van der Waals surface area (Å²) in [6.45, 7) is 18.2. The Bertz CT molecular complexity index is 2730. The van der Waals surface area contributed by atoms with Crippen molar-refractivity contribution < 1.29 is 38.8 Å². The number of hydrogen-bond acceptors (Lipinski definition) is 13. The monoisotopic (exact) mass is 1020 g/mol. The summed E-state index contributed by atoms with van der Waals surface area (Å²) in [6, 6.07) is 20.5. The minimum atomic E-state index is -1.05. The first kappa shape index (κ1) is 54.8. The fourth-order valence-electron chi connectivity index (χ4n) is 9.84. The van der Waals surface area contributed by atoms with Gasteiger partial charge in [0.2, 0.25) is 17.7 Å². The summed E-state index contributed by atoms with van der Waals surface area (Å²) >= 11 is 1.58.